The van der Waals surface area contributed by atoms with Gasteiger partial charge in [-0.15, -0.1) is 0 Å². The Kier molecular flexibility index (Phi) is 7.89. The minimum atomic E-state index is 0.859. The van der Waals surface area contributed by atoms with E-state index in [-0.39, 0.29) is 0 Å². The summed E-state index contributed by atoms with van der Waals surface area (Å²) >= 11 is 0. The maximum Gasteiger partial charge on any atom is 0.143 e. The van der Waals surface area contributed by atoms with Crippen LogP contribution in [-0.4, -0.2) is 0 Å². The molecule has 2 nitrogen and oxygen atoms in total. The molecule has 1 heterocycles. The summed E-state index contributed by atoms with van der Waals surface area (Å²) in [4.78, 5) is 2.39. The second-order valence-electron chi connectivity index (χ2n) is 15.6. The van der Waals surface area contributed by atoms with E-state index in [1.54, 1.807) is 0 Å². The molecule has 0 bridgehead atoms. The van der Waals surface area contributed by atoms with Gasteiger partial charge in [-0.2, -0.15) is 0 Å². The van der Waals surface area contributed by atoms with Gasteiger partial charge < -0.3 is 9.32 Å². The Morgan fingerprint density at radius 3 is 1.72 bits per heavy atom. The fourth-order valence-corrected chi connectivity index (χ4v) is 9.42. The van der Waals surface area contributed by atoms with Gasteiger partial charge in [-0.05, 0) is 120 Å². The number of benzene rings is 11. The summed E-state index contributed by atoms with van der Waals surface area (Å²) in [7, 11) is 0. The maximum absolute atomic E-state index is 6.79. The van der Waals surface area contributed by atoms with Gasteiger partial charge >= 0.3 is 0 Å². The van der Waals surface area contributed by atoms with Crippen molar-refractivity contribution in [2.45, 2.75) is 0 Å². The van der Waals surface area contributed by atoms with Crippen molar-refractivity contribution in [1.29, 1.82) is 0 Å². The predicted octanol–water partition coefficient (Wildman–Crippen LogP) is 16.7. The van der Waals surface area contributed by atoms with Gasteiger partial charge in [0.2, 0.25) is 0 Å². The van der Waals surface area contributed by atoms with Crippen LogP contribution in [-0.2, 0) is 0 Å². The third-order valence-corrected chi connectivity index (χ3v) is 12.2. The topological polar surface area (TPSA) is 16.4 Å². The summed E-state index contributed by atoms with van der Waals surface area (Å²) in [6.45, 7) is 0. The highest BCUT2D eigenvalue weighted by Gasteiger charge is 2.20. The number of hydrogen-bond acceptors (Lipinski definition) is 2. The summed E-state index contributed by atoms with van der Waals surface area (Å²) in [5.74, 6) is 0. The van der Waals surface area contributed by atoms with Crippen LogP contribution in [0.5, 0.6) is 0 Å². The van der Waals surface area contributed by atoms with Gasteiger partial charge in [-0.1, -0.05) is 170 Å². The lowest BCUT2D eigenvalue weighted by Gasteiger charge is -2.27. The average molecular weight is 764 g/mol. The molecule has 0 radical (unpaired) electrons. The Hall–Kier alpha value is -7.94. The third-order valence-electron chi connectivity index (χ3n) is 12.2. The second kappa shape index (κ2) is 13.9. The van der Waals surface area contributed by atoms with Crippen LogP contribution >= 0.6 is 0 Å². The van der Waals surface area contributed by atoms with Crippen molar-refractivity contribution in [3.63, 3.8) is 0 Å². The fourth-order valence-electron chi connectivity index (χ4n) is 9.42. The van der Waals surface area contributed by atoms with Crippen molar-refractivity contribution in [2.24, 2.45) is 0 Å². The SMILES string of the molecule is c1ccc(-c2cc(N(c3cccc(-c4ccccc4-c4cc5ccccc5c5ccccc45)c3)c3ccc4c(c3)oc3c5ccccc5ccc43)cc3ccccc23)cc1. The van der Waals surface area contributed by atoms with Crippen molar-refractivity contribution in [2.75, 3.05) is 4.90 Å². The average Bonchev–Trinajstić information content (AvgIpc) is 3.70. The van der Waals surface area contributed by atoms with Gasteiger partial charge in [-0.3, -0.25) is 0 Å². The Labute approximate surface area is 347 Å². The zero-order valence-corrected chi connectivity index (χ0v) is 32.7. The summed E-state index contributed by atoms with van der Waals surface area (Å²) in [5, 5.41) is 11.9. The first kappa shape index (κ1) is 34.1. The molecular weight excluding hydrogens is 727 g/mol. The van der Waals surface area contributed by atoms with Gasteiger partial charge in [0.05, 0.1) is 0 Å². The van der Waals surface area contributed by atoms with Crippen LogP contribution in [0.1, 0.15) is 0 Å². The lowest BCUT2D eigenvalue weighted by molar-refractivity contribution is 0.672. The Bertz CT molecular complexity index is 3620. The van der Waals surface area contributed by atoms with Gasteiger partial charge in [0.15, 0.2) is 0 Å². The summed E-state index contributed by atoms with van der Waals surface area (Å²) in [5.41, 5.74) is 12.1. The number of nitrogens with zero attached hydrogens (tertiary/aromatic N) is 1. The van der Waals surface area contributed by atoms with Crippen LogP contribution in [0.25, 0.3) is 98.4 Å². The van der Waals surface area contributed by atoms with Crippen LogP contribution in [0.3, 0.4) is 0 Å². The number of rotatable bonds is 6. The molecule has 60 heavy (non-hydrogen) atoms. The first-order chi connectivity index (χ1) is 29.7. The standard InChI is InChI=1S/C58H37NO/c1-2-15-38(16-3-1)55-36-45(34-40-18-5-8-24-48(40)55)59(44-30-32-53-54-31-29-39-17-4-9-25-49(39)58(54)60-57(53)37-44)43-21-14-20-41(33-43)46-23-10-11-27-51(46)56-35-42-19-6-7-22-47(42)50-26-12-13-28-52(50)56/h1-37H. The molecule has 1 aromatic heterocycles. The second-order valence-corrected chi connectivity index (χ2v) is 15.6. The van der Waals surface area contributed by atoms with Crippen LogP contribution in [0.2, 0.25) is 0 Å². The Morgan fingerprint density at radius 1 is 0.267 bits per heavy atom. The highest BCUT2D eigenvalue weighted by molar-refractivity contribution is 6.16. The molecule has 0 aliphatic carbocycles. The normalized spacial score (nSPS) is 11.7. The zero-order chi connectivity index (χ0) is 39.6. The molecule has 12 aromatic rings. The maximum atomic E-state index is 6.79. The lowest BCUT2D eigenvalue weighted by Crippen LogP contribution is -2.10. The van der Waals surface area contributed by atoms with Crippen molar-refractivity contribution < 1.29 is 4.42 Å². The summed E-state index contributed by atoms with van der Waals surface area (Å²) < 4.78 is 6.79. The summed E-state index contributed by atoms with van der Waals surface area (Å²) in [6.07, 6.45) is 0. The van der Waals surface area contributed by atoms with E-state index in [1.165, 1.54) is 65.5 Å². The van der Waals surface area contributed by atoms with Crippen molar-refractivity contribution in [1.82, 2.24) is 0 Å². The molecule has 2 heteroatoms. The minimum Gasteiger partial charge on any atom is -0.455 e. The van der Waals surface area contributed by atoms with Crippen LogP contribution in [0.4, 0.5) is 17.1 Å². The molecule has 0 aliphatic heterocycles. The fraction of sp³-hybridized carbons (Fsp3) is 0. The first-order valence-electron chi connectivity index (χ1n) is 20.6. The van der Waals surface area contributed by atoms with Crippen LogP contribution < -0.4 is 4.90 Å². The largest absolute Gasteiger partial charge is 0.455 e. The molecule has 12 rings (SSSR count). The van der Waals surface area contributed by atoms with Gasteiger partial charge in [-0.25, -0.2) is 0 Å². The van der Waals surface area contributed by atoms with Crippen molar-refractivity contribution in [3.8, 4) is 33.4 Å². The zero-order valence-electron chi connectivity index (χ0n) is 32.7. The first-order valence-corrected chi connectivity index (χ1v) is 20.6. The smallest absolute Gasteiger partial charge is 0.143 e. The van der Waals surface area contributed by atoms with Gasteiger partial charge in [0.1, 0.15) is 11.2 Å². The van der Waals surface area contributed by atoms with E-state index in [9.17, 15) is 0 Å². The Morgan fingerprint density at radius 2 is 0.883 bits per heavy atom. The molecule has 0 N–H and O–H groups in total. The number of anilines is 3. The van der Waals surface area contributed by atoms with Crippen LogP contribution in [0, 0.1) is 0 Å². The van der Waals surface area contributed by atoms with Crippen molar-refractivity contribution in [3.05, 3.63) is 224 Å². The molecule has 0 fully saturated rings. The molecule has 0 amide bonds. The molecule has 0 saturated heterocycles. The van der Waals surface area contributed by atoms with Crippen LogP contribution in [0.15, 0.2) is 229 Å². The van der Waals surface area contributed by atoms with E-state index in [0.717, 1.165) is 50.0 Å². The molecular formula is C58H37NO. The highest BCUT2D eigenvalue weighted by atomic mass is 16.3. The number of furan rings is 1. The molecule has 0 saturated carbocycles. The predicted molar refractivity (Wildman–Crippen MR) is 255 cm³/mol. The van der Waals surface area contributed by atoms with Gasteiger partial charge in [0, 0.05) is 39.3 Å². The van der Waals surface area contributed by atoms with E-state index < -0.39 is 0 Å². The van der Waals surface area contributed by atoms with Gasteiger partial charge in [0.25, 0.3) is 0 Å². The van der Waals surface area contributed by atoms with E-state index in [0.29, 0.717) is 0 Å². The molecule has 280 valence electrons. The van der Waals surface area contributed by atoms with Crippen molar-refractivity contribution >= 4 is 82.1 Å². The third kappa shape index (κ3) is 5.57. The molecule has 0 atom stereocenters. The van der Waals surface area contributed by atoms with E-state index in [1.807, 2.05) is 0 Å². The minimum absolute atomic E-state index is 0.859. The molecule has 0 spiro atoms. The highest BCUT2D eigenvalue weighted by Crippen LogP contribution is 2.45. The molecule has 0 aliphatic rings. The van der Waals surface area contributed by atoms with E-state index in [4.69, 9.17) is 4.42 Å². The van der Waals surface area contributed by atoms with E-state index >= 15 is 0 Å². The summed E-state index contributed by atoms with van der Waals surface area (Å²) in [6, 6.07) is 81.3. The van der Waals surface area contributed by atoms with E-state index in [2.05, 4.69) is 229 Å². The molecule has 11 aromatic carbocycles. The molecule has 0 unspecified atom stereocenters. The number of fused-ring (bicyclic) bond motifs is 9. The Balaban J connectivity index is 1.08. The number of hydrogen-bond donors (Lipinski definition) is 0. The monoisotopic (exact) mass is 763 g/mol. The lowest BCUT2D eigenvalue weighted by atomic mass is 9.89. The quantitative estimate of drug-likeness (QED) is 0.157.